The third-order valence-electron chi connectivity index (χ3n) is 4.01. The molecule has 0 aliphatic carbocycles. The fourth-order valence-corrected chi connectivity index (χ4v) is 3.87. The van der Waals surface area contributed by atoms with Gasteiger partial charge in [-0.3, -0.25) is 4.79 Å². The van der Waals surface area contributed by atoms with Crippen LogP contribution in [0.2, 0.25) is 0 Å². The maximum atomic E-state index is 12.3. The van der Waals surface area contributed by atoms with Crippen molar-refractivity contribution in [1.82, 2.24) is 0 Å². The first-order valence-electron chi connectivity index (χ1n) is 8.88. The summed E-state index contributed by atoms with van der Waals surface area (Å²) in [4.78, 5) is 28.5. The molecule has 0 saturated carbocycles. The summed E-state index contributed by atoms with van der Waals surface area (Å²) in [5.74, 6) is -0.00885. The smallest absolute Gasteiger partial charge is 0.363 e. The van der Waals surface area contributed by atoms with Gasteiger partial charge in [-0.05, 0) is 103 Å². The summed E-state index contributed by atoms with van der Waals surface area (Å²) in [5.41, 5.74) is 1.48. The van der Waals surface area contributed by atoms with Gasteiger partial charge in [-0.15, -0.1) is 0 Å². The van der Waals surface area contributed by atoms with Crippen LogP contribution in [0.15, 0.2) is 50.0 Å². The summed E-state index contributed by atoms with van der Waals surface area (Å²) < 4.78 is 18.5. The average Bonchev–Trinajstić information content (AvgIpc) is 3.06. The Morgan fingerprint density at radius 3 is 2.67 bits per heavy atom. The molecule has 0 unspecified atom stereocenters. The van der Waals surface area contributed by atoms with E-state index in [1.807, 2.05) is 25.1 Å². The van der Waals surface area contributed by atoms with E-state index in [9.17, 15) is 9.59 Å². The van der Waals surface area contributed by atoms with Gasteiger partial charge in [0.15, 0.2) is 17.2 Å². The lowest BCUT2D eigenvalue weighted by Gasteiger charge is -2.12. The lowest BCUT2D eigenvalue weighted by molar-refractivity contribution is -0.134. The SMILES string of the molecule is CCCC(=O)Oc1c(Br)cc(/C=C2\N=C(c3ccc(I)c(Br)c3)OC2=O)cc1OC. The van der Waals surface area contributed by atoms with E-state index in [2.05, 4.69) is 59.4 Å². The van der Waals surface area contributed by atoms with Gasteiger partial charge in [0.25, 0.3) is 0 Å². The van der Waals surface area contributed by atoms with Gasteiger partial charge in [0.05, 0.1) is 11.6 Å². The molecule has 0 fully saturated rings. The van der Waals surface area contributed by atoms with E-state index < -0.39 is 5.97 Å². The van der Waals surface area contributed by atoms with E-state index in [0.29, 0.717) is 39.9 Å². The largest absolute Gasteiger partial charge is 0.493 e. The molecule has 0 radical (unpaired) electrons. The summed E-state index contributed by atoms with van der Waals surface area (Å²) in [5, 5.41) is 0. The van der Waals surface area contributed by atoms with E-state index in [1.165, 1.54) is 7.11 Å². The number of carbonyl (C=O) groups excluding carboxylic acids is 2. The van der Waals surface area contributed by atoms with Crippen molar-refractivity contribution in [2.75, 3.05) is 7.11 Å². The van der Waals surface area contributed by atoms with Gasteiger partial charge >= 0.3 is 11.9 Å². The van der Waals surface area contributed by atoms with Gasteiger partial charge in [-0.2, -0.15) is 0 Å². The molecule has 1 heterocycles. The first kappa shape index (κ1) is 23.0. The average molecular weight is 649 g/mol. The second kappa shape index (κ2) is 10.1. The Kier molecular flexibility index (Phi) is 7.70. The third kappa shape index (κ3) is 5.30. The number of cyclic esters (lactones) is 1. The van der Waals surface area contributed by atoms with Crippen LogP contribution in [0.25, 0.3) is 6.08 Å². The first-order chi connectivity index (χ1) is 14.3. The van der Waals surface area contributed by atoms with Crippen LogP contribution in [-0.4, -0.2) is 24.9 Å². The van der Waals surface area contributed by atoms with Crippen molar-refractivity contribution < 1.29 is 23.8 Å². The zero-order valence-corrected chi connectivity index (χ0v) is 21.3. The van der Waals surface area contributed by atoms with E-state index in [0.717, 1.165) is 8.04 Å². The number of methoxy groups -OCH3 is 1. The number of rotatable bonds is 6. The van der Waals surface area contributed by atoms with Gasteiger partial charge in [0.2, 0.25) is 5.90 Å². The molecule has 0 atom stereocenters. The highest BCUT2D eigenvalue weighted by molar-refractivity contribution is 14.1. The molecule has 0 spiro atoms. The van der Waals surface area contributed by atoms with Crippen LogP contribution in [0.1, 0.15) is 30.9 Å². The number of aliphatic imine (C=N–C) groups is 1. The number of hydrogen-bond donors (Lipinski definition) is 0. The number of carbonyl (C=O) groups is 2. The Labute approximate surface area is 204 Å². The summed E-state index contributed by atoms with van der Waals surface area (Å²) in [6, 6.07) is 8.95. The van der Waals surface area contributed by atoms with Crippen LogP contribution in [0, 0.1) is 3.57 Å². The predicted molar refractivity (Wildman–Crippen MR) is 129 cm³/mol. The third-order valence-corrected chi connectivity index (χ3v) is 6.94. The minimum atomic E-state index is -0.548. The molecule has 9 heteroatoms. The van der Waals surface area contributed by atoms with E-state index in [-0.39, 0.29) is 17.6 Å². The fraction of sp³-hybridized carbons (Fsp3) is 0.190. The number of ether oxygens (including phenoxy) is 3. The Hall–Kier alpha value is -1.72. The molecule has 3 rings (SSSR count). The highest BCUT2D eigenvalue weighted by Crippen LogP contribution is 2.38. The Morgan fingerprint density at radius 1 is 1.23 bits per heavy atom. The van der Waals surface area contributed by atoms with E-state index in [1.54, 1.807) is 18.2 Å². The Balaban J connectivity index is 1.92. The number of halogens is 3. The summed E-state index contributed by atoms with van der Waals surface area (Å²) in [7, 11) is 1.48. The highest BCUT2D eigenvalue weighted by Gasteiger charge is 2.25. The van der Waals surface area contributed by atoms with Gasteiger partial charge in [0, 0.05) is 20.0 Å². The molecule has 2 aromatic carbocycles. The number of esters is 2. The molecule has 2 aromatic rings. The second-order valence-corrected chi connectivity index (χ2v) is 9.09. The van der Waals surface area contributed by atoms with Crippen molar-refractivity contribution in [1.29, 1.82) is 0 Å². The minimum absolute atomic E-state index is 0.157. The van der Waals surface area contributed by atoms with Crippen molar-refractivity contribution >= 4 is 78.4 Å². The summed E-state index contributed by atoms with van der Waals surface area (Å²) in [6.07, 6.45) is 2.57. The highest BCUT2D eigenvalue weighted by atomic mass is 127. The van der Waals surface area contributed by atoms with Crippen LogP contribution in [0.4, 0.5) is 0 Å². The van der Waals surface area contributed by atoms with Crippen LogP contribution < -0.4 is 9.47 Å². The maximum Gasteiger partial charge on any atom is 0.363 e. The van der Waals surface area contributed by atoms with Crippen LogP contribution in [0.3, 0.4) is 0 Å². The normalized spacial score (nSPS) is 14.5. The fourth-order valence-electron chi connectivity index (χ4n) is 2.61. The van der Waals surface area contributed by atoms with Gasteiger partial charge < -0.3 is 14.2 Å². The molecule has 6 nitrogen and oxygen atoms in total. The van der Waals surface area contributed by atoms with E-state index in [4.69, 9.17) is 14.2 Å². The van der Waals surface area contributed by atoms with Crippen LogP contribution >= 0.6 is 54.5 Å². The molecule has 0 aromatic heterocycles. The predicted octanol–water partition coefficient (Wildman–Crippen LogP) is 5.87. The standard InChI is InChI=1S/C21H16Br2INO5/c1-3-4-18(26)29-19-14(23)7-11(9-17(19)28-2)8-16-21(27)30-20(25-16)12-5-6-15(24)13(22)10-12/h5-10H,3-4H2,1-2H3/b16-8-. The van der Waals surface area contributed by atoms with Crippen molar-refractivity contribution in [3.05, 3.63) is 59.7 Å². The van der Waals surface area contributed by atoms with Crippen LogP contribution in [-0.2, 0) is 14.3 Å². The quantitative estimate of drug-likeness (QED) is 0.170. The lowest BCUT2D eigenvalue weighted by atomic mass is 10.1. The zero-order valence-electron chi connectivity index (χ0n) is 16.0. The maximum absolute atomic E-state index is 12.3. The van der Waals surface area contributed by atoms with Crippen molar-refractivity contribution in [3.8, 4) is 11.5 Å². The van der Waals surface area contributed by atoms with E-state index >= 15 is 0 Å². The molecule has 156 valence electrons. The lowest BCUT2D eigenvalue weighted by Crippen LogP contribution is -2.08. The first-order valence-corrected chi connectivity index (χ1v) is 11.5. The molecular weight excluding hydrogens is 633 g/mol. The molecule has 1 aliphatic heterocycles. The number of benzene rings is 2. The Bertz CT molecular complexity index is 1080. The molecule has 1 aliphatic rings. The number of nitrogens with zero attached hydrogens (tertiary/aromatic N) is 1. The van der Waals surface area contributed by atoms with Gasteiger partial charge in [-0.25, -0.2) is 9.79 Å². The summed E-state index contributed by atoms with van der Waals surface area (Å²) >= 11 is 9.06. The molecular formula is C21H16Br2INO5. The molecule has 0 amide bonds. The van der Waals surface area contributed by atoms with Crippen LogP contribution in [0.5, 0.6) is 11.5 Å². The summed E-state index contributed by atoms with van der Waals surface area (Å²) in [6.45, 7) is 1.90. The molecule has 0 bridgehead atoms. The van der Waals surface area contributed by atoms with Crippen molar-refractivity contribution in [2.45, 2.75) is 19.8 Å². The second-order valence-electron chi connectivity index (χ2n) is 6.22. The Morgan fingerprint density at radius 2 is 2.00 bits per heavy atom. The van der Waals surface area contributed by atoms with Crippen molar-refractivity contribution in [2.24, 2.45) is 4.99 Å². The minimum Gasteiger partial charge on any atom is -0.493 e. The van der Waals surface area contributed by atoms with Gasteiger partial charge in [-0.1, -0.05) is 6.92 Å². The molecule has 0 saturated heterocycles. The monoisotopic (exact) mass is 647 g/mol. The molecule has 0 N–H and O–H groups in total. The van der Waals surface area contributed by atoms with Crippen molar-refractivity contribution in [3.63, 3.8) is 0 Å². The number of hydrogen-bond acceptors (Lipinski definition) is 6. The topological polar surface area (TPSA) is 74.2 Å². The van der Waals surface area contributed by atoms with Gasteiger partial charge in [0.1, 0.15) is 0 Å². The zero-order chi connectivity index (χ0) is 21.8. The molecule has 30 heavy (non-hydrogen) atoms.